The average Bonchev–Trinajstić information content (AvgIpc) is 3.14. The van der Waals surface area contributed by atoms with Gasteiger partial charge in [0.1, 0.15) is 11.3 Å². The summed E-state index contributed by atoms with van der Waals surface area (Å²) in [7, 11) is 1.35. The number of nitrogens with one attached hydrogen (secondary N) is 1. The number of carbonyl (C=O) groups is 2. The lowest BCUT2D eigenvalue weighted by molar-refractivity contribution is -0.124. The molecule has 1 amide bonds. The fourth-order valence-corrected chi connectivity index (χ4v) is 6.96. The zero-order valence-electron chi connectivity index (χ0n) is 23.1. The van der Waals surface area contributed by atoms with Crippen molar-refractivity contribution in [2.24, 2.45) is 40.9 Å². The van der Waals surface area contributed by atoms with Crippen LogP contribution in [0.25, 0.3) is 0 Å². The number of hydrogen-bond donors (Lipinski definition) is 4. The van der Waals surface area contributed by atoms with Crippen LogP contribution in [-0.4, -0.2) is 52.6 Å². The summed E-state index contributed by atoms with van der Waals surface area (Å²) in [6.07, 6.45) is 12.2. The Morgan fingerprint density at radius 1 is 1.19 bits per heavy atom. The van der Waals surface area contributed by atoms with Crippen molar-refractivity contribution in [2.45, 2.75) is 78.7 Å². The second-order valence-electron chi connectivity index (χ2n) is 11.6. The van der Waals surface area contributed by atoms with Crippen molar-refractivity contribution in [1.29, 1.82) is 0 Å². The van der Waals surface area contributed by atoms with Crippen LogP contribution < -0.4 is 5.32 Å². The fraction of sp³-hybridized carbons (Fsp3) is 0.667. The number of rotatable bonds is 9. The number of hydrogen-bond acceptors (Lipinski definition) is 6. The molecule has 1 aliphatic heterocycles. The number of methoxy groups -OCH3 is 1. The van der Waals surface area contributed by atoms with Crippen molar-refractivity contribution in [2.75, 3.05) is 7.11 Å². The molecule has 0 aromatic rings. The molecule has 10 unspecified atom stereocenters. The zero-order chi connectivity index (χ0) is 27.5. The molecule has 3 aliphatic rings. The Kier molecular flexibility index (Phi) is 9.59. The highest BCUT2D eigenvalue weighted by molar-refractivity contribution is 6.26. The van der Waals surface area contributed by atoms with E-state index in [0.717, 1.165) is 12.8 Å². The molecule has 7 heteroatoms. The highest BCUT2D eigenvalue weighted by Crippen LogP contribution is 2.58. The third-order valence-corrected chi connectivity index (χ3v) is 8.91. The number of aliphatic hydroxyl groups excluding tert-OH is 3. The summed E-state index contributed by atoms with van der Waals surface area (Å²) in [5.74, 6) is -0.620. The van der Waals surface area contributed by atoms with Gasteiger partial charge in [0.25, 0.3) is 5.91 Å². The van der Waals surface area contributed by atoms with Gasteiger partial charge < -0.3 is 25.4 Å². The Labute approximate surface area is 221 Å². The van der Waals surface area contributed by atoms with Crippen molar-refractivity contribution in [3.05, 3.63) is 47.8 Å². The van der Waals surface area contributed by atoms with E-state index in [1.165, 1.54) is 7.11 Å². The van der Waals surface area contributed by atoms with E-state index in [-0.39, 0.29) is 40.9 Å². The first-order valence-electron chi connectivity index (χ1n) is 13.7. The van der Waals surface area contributed by atoms with Crippen molar-refractivity contribution < 1.29 is 29.6 Å². The number of Topliss-reactive ketones (excluding diaryl/α,β-unsaturated/α-hetero) is 1. The third-order valence-electron chi connectivity index (χ3n) is 8.91. The molecular weight excluding hydrogens is 470 g/mol. The van der Waals surface area contributed by atoms with Gasteiger partial charge in [-0.15, -0.1) is 0 Å². The number of amides is 1. The summed E-state index contributed by atoms with van der Waals surface area (Å²) in [5.41, 5.74) is -1.13. The number of carbonyl (C=O) groups excluding carboxylic acids is 2. The minimum absolute atomic E-state index is 0.0121. The number of fused-ring (bicyclic) bond motifs is 1. The third kappa shape index (κ3) is 5.94. The van der Waals surface area contributed by atoms with Gasteiger partial charge in [0.2, 0.25) is 5.78 Å². The molecule has 206 valence electrons. The topological polar surface area (TPSA) is 116 Å². The summed E-state index contributed by atoms with van der Waals surface area (Å²) in [4.78, 5) is 25.7. The van der Waals surface area contributed by atoms with Crippen LogP contribution in [0.4, 0.5) is 0 Å². The molecule has 0 aromatic heterocycles. The lowest BCUT2D eigenvalue weighted by Crippen LogP contribution is -2.49. The second-order valence-corrected chi connectivity index (χ2v) is 11.6. The molecule has 37 heavy (non-hydrogen) atoms. The molecule has 1 saturated carbocycles. The number of aliphatic hydroxyl groups is 3. The number of ether oxygens (including phenoxy) is 1. The van der Waals surface area contributed by atoms with Crippen LogP contribution in [0.1, 0.15) is 60.3 Å². The highest BCUT2D eigenvalue weighted by atomic mass is 16.5. The summed E-state index contributed by atoms with van der Waals surface area (Å²) >= 11 is 0. The van der Waals surface area contributed by atoms with Gasteiger partial charge in [0.05, 0.1) is 12.2 Å². The first kappa shape index (κ1) is 29.3. The van der Waals surface area contributed by atoms with Gasteiger partial charge in [-0.1, -0.05) is 71.1 Å². The van der Waals surface area contributed by atoms with Gasteiger partial charge >= 0.3 is 0 Å². The Hall–Kier alpha value is -2.22. The molecule has 1 saturated heterocycles. The minimum atomic E-state index is -1.10. The molecule has 0 spiro atoms. The molecule has 3 rings (SSSR count). The van der Waals surface area contributed by atoms with Crippen molar-refractivity contribution in [1.82, 2.24) is 5.32 Å². The fourth-order valence-electron chi connectivity index (χ4n) is 6.96. The summed E-state index contributed by atoms with van der Waals surface area (Å²) in [5, 5.41) is 35.1. The molecule has 10 atom stereocenters. The maximum Gasteiger partial charge on any atom is 0.260 e. The van der Waals surface area contributed by atoms with E-state index in [1.54, 1.807) is 12.2 Å². The first-order valence-corrected chi connectivity index (χ1v) is 13.7. The van der Waals surface area contributed by atoms with Crippen LogP contribution in [-0.2, 0) is 14.3 Å². The summed E-state index contributed by atoms with van der Waals surface area (Å²) in [6.45, 7) is 10.2. The standard InChI is InChI=1S/C30H45NO6/c1-7-23(33)18(3)10-8-9-11-22(32)16-21-13-12-20-15-17(2)14-19(4)25(20)30(21,5)27(35)24-26(34)29(37-6)31-28(24)36/h8-13,17-23,25,29,32-33,35H,7,14-16H2,1-6H3,(H,31,36)/b10-8+,11-9+,27-24-. The average molecular weight is 516 g/mol. The smallest absolute Gasteiger partial charge is 0.260 e. The van der Waals surface area contributed by atoms with Crippen LogP contribution >= 0.6 is 0 Å². The molecule has 4 N–H and O–H groups in total. The van der Waals surface area contributed by atoms with Gasteiger partial charge in [0.15, 0.2) is 6.23 Å². The van der Waals surface area contributed by atoms with Gasteiger partial charge in [-0.3, -0.25) is 9.59 Å². The molecule has 2 fully saturated rings. The number of allylic oxidation sites excluding steroid dienone is 5. The van der Waals surface area contributed by atoms with Gasteiger partial charge in [-0.25, -0.2) is 0 Å². The Morgan fingerprint density at radius 3 is 2.49 bits per heavy atom. The summed E-state index contributed by atoms with van der Waals surface area (Å²) in [6, 6.07) is 0. The van der Waals surface area contributed by atoms with E-state index < -0.39 is 35.5 Å². The van der Waals surface area contributed by atoms with Crippen LogP contribution in [0.2, 0.25) is 0 Å². The van der Waals surface area contributed by atoms with E-state index in [2.05, 4.69) is 31.3 Å². The van der Waals surface area contributed by atoms with E-state index >= 15 is 0 Å². The Bertz CT molecular complexity index is 967. The van der Waals surface area contributed by atoms with Crippen molar-refractivity contribution in [3.63, 3.8) is 0 Å². The molecule has 0 bridgehead atoms. The number of ketones is 1. The lowest BCUT2D eigenvalue weighted by Gasteiger charge is -2.54. The van der Waals surface area contributed by atoms with Crippen LogP contribution in [0.3, 0.4) is 0 Å². The van der Waals surface area contributed by atoms with Crippen molar-refractivity contribution >= 4 is 11.7 Å². The van der Waals surface area contributed by atoms with E-state index in [4.69, 9.17) is 4.74 Å². The monoisotopic (exact) mass is 515 g/mol. The largest absolute Gasteiger partial charge is 0.511 e. The Balaban J connectivity index is 1.94. The SMILES string of the molecule is CCC(O)C(C)/C=C/C=C/C(O)CC1C=CC2CC(C)CC(C)C2C1(C)/C(O)=C1/C(=O)NC(OC)C1=O. The second kappa shape index (κ2) is 12.1. The normalized spacial score (nSPS) is 38.1. The maximum absolute atomic E-state index is 13.0. The molecule has 7 nitrogen and oxygen atoms in total. The first-order chi connectivity index (χ1) is 17.4. The molecule has 0 radical (unpaired) electrons. The van der Waals surface area contributed by atoms with Gasteiger partial charge in [-0.05, 0) is 55.3 Å². The minimum Gasteiger partial charge on any atom is -0.511 e. The van der Waals surface area contributed by atoms with E-state index in [9.17, 15) is 24.9 Å². The predicted octanol–water partition coefficient (Wildman–Crippen LogP) is 4.23. The maximum atomic E-state index is 13.0. The summed E-state index contributed by atoms with van der Waals surface area (Å²) < 4.78 is 5.11. The molecular formula is C30H45NO6. The van der Waals surface area contributed by atoms with Crippen molar-refractivity contribution in [3.8, 4) is 0 Å². The Morgan fingerprint density at radius 2 is 1.86 bits per heavy atom. The van der Waals surface area contributed by atoms with Crippen LogP contribution in [0, 0.1) is 40.9 Å². The molecule has 1 heterocycles. The predicted molar refractivity (Wildman–Crippen MR) is 143 cm³/mol. The van der Waals surface area contributed by atoms with E-state index in [0.29, 0.717) is 18.8 Å². The van der Waals surface area contributed by atoms with Crippen LogP contribution in [0.5, 0.6) is 0 Å². The molecule has 2 aliphatic carbocycles. The quantitative estimate of drug-likeness (QED) is 0.120. The van der Waals surface area contributed by atoms with Gasteiger partial charge in [0, 0.05) is 18.4 Å². The van der Waals surface area contributed by atoms with Gasteiger partial charge in [-0.2, -0.15) is 0 Å². The van der Waals surface area contributed by atoms with E-state index in [1.807, 2.05) is 32.9 Å². The highest BCUT2D eigenvalue weighted by Gasteiger charge is 2.55. The molecule has 0 aromatic carbocycles. The van der Waals surface area contributed by atoms with Crippen LogP contribution in [0.15, 0.2) is 47.8 Å². The zero-order valence-corrected chi connectivity index (χ0v) is 23.1. The lowest BCUT2D eigenvalue weighted by atomic mass is 9.50.